The highest BCUT2D eigenvalue weighted by molar-refractivity contribution is 5.81. The number of esters is 3. The molecule has 9 nitrogen and oxygen atoms in total. The molecule has 0 spiro atoms. The van der Waals surface area contributed by atoms with Crippen LogP contribution in [0.1, 0.15) is 77.0 Å². The number of hydrogen-bond donors (Lipinski definition) is 2. The summed E-state index contributed by atoms with van der Waals surface area (Å²) in [7, 11) is 2.55. The first-order chi connectivity index (χ1) is 17.3. The lowest BCUT2D eigenvalue weighted by molar-refractivity contribution is -0.147. The largest absolute Gasteiger partial charge is 0.469 e. The van der Waals surface area contributed by atoms with Crippen molar-refractivity contribution in [1.82, 2.24) is 4.90 Å². The molecule has 2 N–H and O–H groups in total. The highest BCUT2D eigenvalue weighted by Gasteiger charge is 2.52. The van der Waals surface area contributed by atoms with Gasteiger partial charge >= 0.3 is 17.9 Å². The number of rotatable bonds is 9. The van der Waals surface area contributed by atoms with Gasteiger partial charge in [-0.3, -0.25) is 14.5 Å². The number of likely N-dealkylation sites (tertiary alicyclic amines) is 1. The predicted molar refractivity (Wildman–Crippen MR) is 140 cm³/mol. The van der Waals surface area contributed by atoms with E-state index in [0.717, 1.165) is 17.2 Å². The van der Waals surface area contributed by atoms with Crippen LogP contribution >= 0.6 is 0 Å². The Morgan fingerprint density at radius 2 is 1.65 bits per heavy atom. The number of carbonyl (C=O) groups excluding carboxylic acids is 3. The molecule has 0 bridgehead atoms. The van der Waals surface area contributed by atoms with Crippen LogP contribution in [0.3, 0.4) is 0 Å². The number of benzene rings is 1. The van der Waals surface area contributed by atoms with Gasteiger partial charge in [-0.15, -0.1) is 0 Å². The summed E-state index contributed by atoms with van der Waals surface area (Å²) in [4.78, 5) is 34.7. The molecule has 0 radical (unpaired) electrons. The van der Waals surface area contributed by atoms with Crippen molar-refractivity contribution in [2.45, 2.75) is 83.1 Å². The number of hydrogen-bond acceptors (Lipinski definition) is 9. The minimum absolute atomic E-state index is 0.0602. The molecule has 1 aliphatic rings. The number of carbonyl (C=O) groups is 3. The number of piperidine rings is 1. The molecular weight excluding hydrogens is 478 g/mol. The highest BCUT2D eigenvalue weighted by Crippen LogP contribution is 2.48. The SMILES string of the molecule is C=CC(=O)OC(C)c1ccccc1C1C(O)CC(C)(C)N(CCO)C1(C)C.COC(=O)CCC(=O)OC. The third-order valence-electron chi connectivity index (χ3n) is 6.82. The maximum atomic E-state index is 11.7. The van der Waals surface area contributed by atoms with Crippen LogP contribution in [-0.4, -0.2) is 77.6 Å². The Hall–Kier alpha value is -2.75. The normalized spacial score (nSPS) is 21.0. The second kappa shape index (κ2) is 14.3. The Bertz CT molecular complexity index is 911. The summed E-state index contributed by atoms with van der Waals surface area (Å²) in [5, 5.41) is 20.7. The maximum absolute atomic E-state index is 11.7. The summed E-state index contributed by atoms with van der Waals surface area (Å²) in [5.74, 6) is -1.45. The van der Waals surface area contributed by atoms with Gasteiger partial charge in [0.2, 0.25) is 0 Å². The van der Waals surface area contributed by atoms with E-state index in [4.69, 9.17) is 4.74 Å². The molecule has 3 unspecified atom stereocenters. The van der Waals surface area contributed by atoms with Gasteiger partial charge in [-0.25, -0.2) is 4.79 Å². The Balaban J connectivity index is 0.000000580. The zero-order valence-electron chi connectivity index (χ0n) is 23.2. The molecule has 1 fully saturated rings. The van der Waals surface area contributed by atoms with Gasteiger partial charge in [0.05, 0.1) is 39.8 Å². The van der Waals surface area contributed by atoms with E-state index in [0.29, 0.717) is 13.0 Å². The van der Waals surface area contributed by atoms with Crippen molar-refractivity contribution >= 4 is 17.9 Å². The van der Waals surface area contributed by atoms with Crippen LogP contribution in [0.4, 0.5) is 0 Å². The van der Waals surface area contributed by atoms with Gasteiger partial charge in [0, 0.05) is 29.6 Å². The van der Waals surface area contributed by atoms with Gasteiger partial charge in [0.15, 0.2) is 0 Å². The molecule has 1 aliphatic heterocycles. The first-order valence-electron chi connectivity index (χ1n) is 12.4. The second-order valence-electron chi connectivity index (χ2n) is 10.2. The van der Waals surface area contributed by atoms with Crippen LogP contribution in [0.15, 0.2) is 36.9 Å². The van der Waals surface area contributed by atoms with Crippen LogP contribution in [0.2, 0.25) is 0 Å². The van der Waals surface area contributed by atoms with E-state index >= 15 is 0 Å². The van der Waals surface area contributed by atoms with Crippen LogP contribution in [0, 0.1) is 0 Å². The molecule has 0 aliphatic carbocycles. The standard InChI is InChI=1S/C22H33NO4.C6H10O4/c1-7-19(26)27-15(2)16-10-8-9-11-17(16)20-18(25)14-21(3,4)23(12-13-24)22(20,5)6;1-9-5(7)3-4-6(8)10-2/h7-11,15,18,20,24-25H,1,12-14H2,2-6H3;3-4H2,1-2H3. The molecule has 1 aromatic carbocycles. The number of aliphatic hydroxyl groups excluding tert-OH is 2. The summed E-state index contributed by atoms with van der Waals surface area (Å²) in [5.41, 5.74) is 1.21. The Labute approximate surface area is 220 Å². The van der Waals surface area contributed by atoms with E-state index in [2.05, 4.69) is 48.6 Å². The summed E-state index contributed by atoms with van der Waals surface area (Å²) in [6.07, 6.45) is 0.927. The van der Waals surface area contributed by atoms with E-state index in [1.807, 2.05) is 31.2 Å². The lowest BCUT2D eigenvalue weighted by Gasteiger charge is -2.58. The highest BCUT2D eigenvalue weighted by atomic mass is 16.5. The minimum atomic E-state index is -0.548. The molecule has 37 heavy (non-hydrogen) atoms. The molecule has 1 aromatic rings. The van der Waals surface area contributed by atoms with Crippen molar-refractivity contribution in [1.29, 1.82) is 0 Å². The number of nitrogens with zero attached hydrogens (tertiary/aromatic N) is 1. The zero-order chi connectivity index (χ0) is 28.4. The van der Waals surface area contributed by atoms with E-state index in [1.165, 1.54) is 14.2 Å². The molecule has 1 heterocycles. The first kappa shape index (κ1) is 32.3. The predicted octanol–water partition coefficient (Wildman–Crippen LogP) is 3.29. The fraction of sp³-hybridized carbons (Fsp3) is 0.607. The molecular formula is C28H43NO8. The lowest BCUT2D eigenvalue weighted by atomic mass is 9.67. The van der Waals surface area contributed by atoms with Crippen LogP contribution in [0.25, 0.3) is 0 Å². The van der Waals surface area contributed by atoms with Crippen molar-refractivity contribution in [3.05, 3.63) is 48.0 Å². The number of aliphatic hydroxyl groups is 2. The third kappa shape index (κ3) is 8.66. The van der Waals surface area contributed by atoms with E-state index in [9.17, 15) is 24.6 Å². The molecule has 208 valence electrons. The Morgan fingerprint density at radius 1 is 1.11 bits per heavy atom. The van der Waals surface area contributed by atoms with Crippen LogP contribution in [-0.2, 0) is 28.6 Å². The van der Waals surface area contributed by atoms with Gasteiger partial charge < -0.3 is 24.4 Å². The smallest absolute Gasteiger partial charge is 0.330 e. The van der Waals surface area contributed by atoms with Crippen molar-refractivity contribution < 1.29 is 38.8 Å². The van der Waals surface area contributed by atoms with Gasteiger partial charge in [0.25, 0.3) is 0 Å². The molecule has 0 amide bonds. The Kier molecular flexibility index (Phi) is 12.4. The van der Waals surface area contributed by atoms with E-state index < -0.39 is 35.7 Å². The zero-order valence-corrected chi connectivity index (χ0v) is 23.2. The van der Waals surface area contributed by atoms with Crippen molar-refractivity contribution in [3.8, 4) is 0 Å². The van der Waals surface area contributed by atoms with Gasteiger partial charge in [-0.2, -0.15) is 0 Å². The number of ether oxygens (including phenoxy) is 3. The maximum Gasteiger partial charge on any atom is 0.330 e. The number of β-amino-alcohol motifs (C(OH)–C–C–N with tert-alkyl or cyclic N) is 1. The van der Waals surface area contributed by atoms with E-state index in [1.54, 1.807) is 0 Å². The first-order valence-corrected chi connectivity index (χ1v) is 12.4. The molecule has 1 saturated heterocycles. The number of methoxy groups -OCH3 is 2. The van der Waals surface area contributed by atoms with Crippen molar-refractivity contribution in [2.75, 3.05) is 27.4 Å². The quantitative estimate of drug-likeness (QED) is 0.286. The lowest BCUT2D eigenvalue weighted by Crippen LogP contribution is -2.66. The van der Waals surface area contributed by atoms with Gasteiger partial charge in [-0.1, -0.05) is 30.8 Å². The average Bonchev–Trinajstić information content (AvgIpc) is 2.84. The summed E-state index contributed by atoms with van der Waals surface area (Å²) >= 11 is 0. The third-order valence-corrected chi connectivity index (χ3v) is 6.82. The summed E-state index contributed by atoms with van der Waals surface area (Å²) in [6, 6.07) is 7.79. The average molecular weight is 522 g/mol. The topological polar surface area (TPSA) is 123 Å². The molecule has 2 rings (SSSR count). The molecule has 9 heteroatoms. The van der Waals surface area contributed by atoms with Crippen molar-refractivity contribution in [3.63, 3.8) is 0 Å². The fourth-order valence-electron chi connectivity index (χ4n) is 5.30. The molecule has 0 saturated carbocycles. The van der Waals surface area contributed by atoms with Gasteiger partial charge in [0.1, 0.15) is 6.10 Å². The second-order valence-corrected chi connectivity index (χ2v) is 10.2. The summed E-state index contributed by atoms with van der Waals surface area (Å²) in [6.45, 7) is 14.3. The Morgan fingerprint density at radius 3 is 2.14 bits per heavy atom. The van der Waals surface area contributed by atoms with Gasteiger partial charge in [-0.05, 0) is 52.2 Å². The van der Waals surface area contributed by atoms with Crippen LogP contribution in [0.5, 0.6) is 0 Å². The minimum Gasteiger partial charge on any atom is -0.469 e. The van der Waals surface area contributed by atoms with E-state index in [-0.39, 0.29) is 30.9 Å². The van der Waals surface area contributed by atoms with Crippen molar-refractivity contribution in [2.24, 2.45) is 0 Å². The summed E-state index contributed by atoms with van der Waals surface area (Å²) < 4.78 is 14.0. The van der Waals surface area contributed by atoms with Crippen LogP contribution < -0.4 is 0 Å². The fourth-order valence-corrected chi connectivity index (χ4v) is 5.30. The monoisotopic (exact) mass is 521 g/mol. The molecule has 0 aromatic heterocycles. The molecule has 3 atom stereocenters.